The molecular weight excluding hydrogens is 346 g/mol. The number of thiophene rings is 1. The molecule has 1 atom stereocenters. The fraction of sp³-hybridized carbons (Fsp3) is 0.333. The number of esters is 1. The lowest BCUT2D eigenvalue weighted by molar-refractivity contribution is -0.129. The van der Waals surface area contributed by atoms with E-state index in [1.165, 1.54) is 11.3 Å². The molecule has 1 heterocycles. The number of carbonyl (C=O) groups is 2. The summed E-state index contributed by atoms with van der Waals surface area (Å²) in [4.78, 5) is 25.9. The number of hydrogen-bond acceptors (Lipinski definition) is 4. The third-order valence-electron chi connectivity index (χ3n) is 3.61. The molecule has 1 amide bonds. The van der Waals surface area contributed by atoms with Crippen molar-refractivity contribution in [1.82, 2.24) is 5.32 Å². The van der Waals surface area contributed by atoms with Gasteiger partial charge in [0, 0.05) is 16.4 Å². The second-order valence-electron chi connectivity index (χ2n) is 5.43. The predicted molar refractivity (Wildman–Crippen MR) is 96.6 cm³/mol. The first-order chi connectivity index (χ1) is 11.4. The Morgan fingerprint density at radius 3 is 2.67 bits per heavy atom. The summed E-state index contributed by atoms with van der Waals surface area (Å²) in [6.45, 7) is 5.85. The molecule has 2 aromatic rings. The van der Waals surface area contributed by atoms with Gasteiger partial charge in [-0.25, -0.2) is 4.79 Å². The first kappa shape index (κ1) is 18.5. The fourth-order valence-corrected chi connectivity index (χ4v) is 3.41. The lowest BCUT2D eigenvalue weighted by Gasteiger charge is -2.13. The number of ether oxygens (including phenoxy) is 1. The molecule has 1 aromatic carbocycles. The van der Waals surface area contributed by atoms with Gasteiger partial charge in [-0.2, -0.15) is 0 Å². The van der Waals surface area contributed by atoms with Crippen LogP contribution in [0.4, 0.5) is 0 Å². The van der Waals surface area contributed by atoms with Crippen LogP contribution in [0.15, 0.2) is 30.3 Å². The molecule has 0 radical (unpaired) electrons. The minimum atomic E-state index is -0.868. The first-order valence-electron chi connectivity index (χ1n) is 7.73. The van der Waals surface area contributed by atoms with Gasteiger partial charge in [0.1, 0.15) is 4.88 Å². The van der Waals surface area contributed by atoms with Crippen molar-refractivity contribution < 1.29 is 14.3 Å². The standard InChI is InChI=1S/C18H20ClNO3S/c1-4-15-11(2)9-16(24-15)18(22)23-12(3)17(21)20-10-13-7-5-6-8-14(13)19/h5-9,12H,4,10H2,1-3H3,(H,20,21)/t12-/m0/s1. The van der Waals surface area contributed by atoms with E-state index < -0.39 is 12.1 Å². The number of nitrogens with one attached hydrogen (secondary N) is 1. The number of amides is 1. The van der Waals surface area contributed by atoms with Crippen LogP contribution < -0.4 is 5.32 Å². The van der Waals surface area contributed by atoms with Crippen LogP contribution in [0.2, 0.25) is 5.02 Å². The predicted octanol–water partition coefficient (Wildman–Crippen LogP) is 4.13. The maximum atomic E-state index is 12.2. The highest BCUT2D eigenvalue weighted by Crippen LogP contribution is 2.23. The second kappa shape index (κ2) is 8.31. The van der Waals surface area contributed by atoms with Crippen LogP contribution in [0.1, 0.15) is 39.5 Å². The summed E-state index contributed by atoms with van der Waals surface area (Å²) < 4.78 is 5.26. The molecule has 6 heteroatoms. The van der Waals surface area contributed by atoms with Gasteiger partial charge in [-0.05, 0) is 43.5 Å². The van der Waals surface area contributed by atoms with Crippen molar-refractivity contribution in [2.45, 2.75) is 39.8 Å². The molecule has 4 nitrogen and oxygen atoms in total. The number of halogens is 1. The van der Waals surface area contributed by atoms with E-state index in [9.17, 15) is 9.59 Å². The number of aryl methyl sites for hydroxylation is 2. The molecule has 0 unspecified atom stereocenters. The highest BCUT2D eigenvalue weighted by molar-refractivity contribution is 7.14. The average Bonchev–Trinajstić information content (AvgIpc) is 2.94. The van der Waals surface area contributed by atoms with E-state index in [2.05, 4.69) is 5.32 Å². The Morgan fingerprint density at radius 1 is 1.33 bits per heavy atom. The van der Waals surface area contributed by atoms with Gasteiger partial charge in [-0.3, -0.25) is 4.79 Å². The van der Waals surface area contributed by atoms with Gasteiger partial charge >= 0.3 is 5.97 Å². The van der Waals surface area contributed by atoms with Gasteiger partial charge in [-0.15, -0.1) is 11.3 Å². The molecule has 1 N–H and O–H groups in total. The van der Waals surface area contributed by atoms with Crippen LogP contribution in [-0.2, 0) is 22.5 Å². The Morgan fingerprint density at radius 2 is 2.04 bits per heavy atom. The monoisotopic (exact) mass is 365 g/mol. The van der Waals surface area contributed by atoms with Crippen LogP contribution in [-0.4, -0.2) is 18.0 Å². The molecule has 0 saturated carbocycles. The molecule has 0 fully saturated rings. The van der Waals surface area contributed by atoms with Crippen molar-refractivity contribution in [1.29, 1.82) is 0 Å². The third kappa shape index (κ3) is 4.58. The van der Waals surface area contributed by atoms with Crippen molar-refractivity contribution in [3.05, 3.63) is 56.2 Å². The minimum Gasteiger partial charge on any atom is -0.448 e. The second-order valence-corrected chi connectivity index (χ2v) is 6.97. The third-order valence-corrected chi connectivity index (χ3v) is 5.34. The average molecular weight is 366 g/mol. The van der Waals surface area contributed by atoms with Crippen molar-refractivity contribution in [2.24, 2.45) is 0 Å². The Bertz CT molecular complexity index is 742. The van der Waals surface area contributed by atoms with E-state index in [-0.39, 0.29) is 5.91 Å². The van der Waals surface area contributed by atoms with Gasteiger partial charge in [0.2, 0.25) is 0 Å². The fourth-order valence-electron chi connectivity index (χ4n) is 2.21. The van der Waals surface area contributed by atoms with E-state index in [0.717, 1.165) is 22.4 Å². The summed E-state index contributed by atoms with van der Waals surface area (Å²) >= 11 is 7.46. The Kier molecular flexibility index (Phi) is 6.40. The maximum Gasteiger partial charge on any atom is 0.349 e. The van der Waals surface area contributed by atoms with Crippen molar-refractivity contribution in [3.63, 3.8) is 0 Å². The van der Waals surface area contributed by atoms with Crippen molar-refractivity contribution in [2.75, 3.05) is 0 Å². The van der Waals surface area contributed by atoms with Crippen LogP contribution in [0.3, 0.4) is 0 Å². The quantitative estimate of drug-likeness (QED) is 0.783. The zero-order chi connectivity index (χ0) is 17.7. The normalized spacial score (nSPS) is 11.8. The van der Waals surface area contributed by atoms with E-state index in [1.54, 1.807) is 19.1 Å². The highest BCUT2D eigenvalue weighted by Gasteiger charge is 2.20. The van der Waals surface area contributed by atoms with Crippen LogP contribution in [0.25, 0.3) is 0 Å². The van der Waals surface area contributed by atoms with E-state index in [1.807, 2.05) is 32.0 Å². The number of carbonyl (C=O) groups excluding carboxylic acids is 2. The van der Waals surface area contributed by atoms with Crippen molar-refractivity contribution in [3.8, 4) is 0 Å². The Balaban J connectivity index is 1.91. The van der Waals surface area contributed by atoms with Gasteiger partial charge in [0.25, 0.3) is 5.91 Å². The molecule has 0 aliphatic rings. The lowest BCUT2D eigenvalue weighted by atomic mass is 10.2. The molecule has 128 valence electrons. The van der Waals surface area contributed by atoms with E-state index in [4.69, 9.17) is 16.3 Å². The van der Waals surface area contributed by atoms with Crippen molar-refractivity contribution >= 4 is 34.8 Å². The molecule has 0 aliphatic carbocycles. The topological polar surface area (TPSA) is 55.4 Å². The van der Waals surface area contributed by atoms with Crippen LogP contribution in [0, 0.1) is 6.92 Å². The van der Waals surface area contributed by atoms with Crippen LogP contribution >= 0.6 is 22.9 Å². The number of benzene rings is 1. The van der Waals surface area contributed by atoms with E-state index in [0.29, 0.717) is 16.4 Å². The highest BCUT2D eigenvalue weighted by atomic mass is 35.5. The molecular formula is C18H20ClNO3S. The van der Waals surface area contributed by atoms with Gasteiger partial charge in [0.05, 0.1) is 0 Å². The molecule has 1 aromatic heterocycles. The molecule has 0 saturated heterocycles. The molecule has 24 heavy (non-hydrogen) atoms. The van der Waals surface area contributed by atoms with Gasteiger partial charge in [0.15, 0.2) is 6.10 Å². The SMILES string of the molecule is CCc1sc(C(=O)O[C@@H](C)C(=O)NCc2ccccc2Cl)cc1C. The summed E-state index contributed by atoms with van der Waals surface area (Å²) in [5, 5.41) is 3.31. The van der Waals surface area contributed by atoms with E-state index >= 15 is 0 Å². The number of hydrogen-bond donors (Lipinski definition) is 1. The minimum absolute atomic E-state index is 0.290. The largest absolute Gasteiger partial charge is 0.448 e. The lowest BCUT2D eigenvalue weighted by Crippen LogP contribution is -2.35. The van der Waals surface area contributed by atoms with Crippen LogP contribution in [0.5, 0.6) is 0 Å². The molecule has 2 rings (SSSR count). The zero-order valence-electron chi connectivity index (χ0n) is 13.9. The summed E-state index contributed by atoms with van der Waals surface area (Å²) in [6.07, 6.45) is 0.00459. The van der Waals surface area contributed by atoms with Gasteiger partial charge < -0.3 is 10.1 Å². The smallest absolute Gasteiger partial charge is 0.349 e. The molecule has 0 spiro atoms. The summed E-state index contributed by atoms with van der Waals surface area (Å²) in [7, 11) is 0. The molecule has 0 bridgehead atoms. The zero-order valence-corrected chi connectivity index (χ0v) is 15.5. The molecule has 0 aliphatic heterocycles. The maximum absolute atomic E-state index is 12.2. The summed E-state index contributed by atoms with van der Waals surface area (Å²) in [5.41, 5.74) is 1.89. The number of rotatable bonds is 6. The first-order valence-corrected chi connectivity index (χ1v) is 8.93. The Labute approximate surface area is 150 Å². The Hall–Kier alpha value is -1.85. The summed E-state index contributed by atoms with van der Waals surface area (Å²) in [5.74, 6) is -0.824. The van der Waals surface area contributed by atoms with Gasteiger partial charge in [-0.1, -0.05) is 36.7 Å². The summed E-state index contributed by atoms with van der Waals surface area (Å²) in [6, 6.07) is 9.07.